The lowest BCUT2D eigenvalue weighted by atomic mass is 10.2. The molecular formula is C23H30N6O3S. The number of aryl methyl sites for hydroxylation is 2. The van der Waals surface area contributed by atoms with Gasteiger partial charge in [0.15, 0.2) is 22.1 Å². The Balaban J connectivity index is 1.63. The number of ether oxygens (including phenoxy) is 2. The lowest BCUT2D eigenvalue weighted by Crippen LogP contribution is -2.37. The van der Waals surface area contributed by atoms with Gasteiger partial charge in [-0.2, -0.15) is 0 Å². The molecule has 2 aromatic heterocycles. The quantitative estimate of drug-likeness (QED) is 0.395. The summed E-state index contributed by atoms with van der Waals surface area (Å²) in [5.41, 5.74) is 3.40. The molecule has 33 heavy (non-hydrogen) atoms. The number of nitrogens with zero attached hydrogens (tertiary/aromatic N) is 5. The fourth-order valence-electron chi connectivity index (χ4n) is 3.78. The molecule has 1 saturated heterocycles. The lowest BCUT2D eigenvalue weighted by molar-refractivity contribution is -0.115. The molecule has 0 saturated carbocycles. The Kier molecular flexibility index (Phi) is 7.34. The molecule has 1 N–H and O–H groups in total. The van der Waals surface area contributed by atoms with Gasteiger partial charge in [-0.3, -0.25) is 4.79 Å². The molecule has 0 radical (unpaired) electrons. The number of rotatable bonds is 8. The largest absolute Gasteiger partial charge is 0.495 e. The zero-order valence-corrected chi connectivity index (χ0v) is 20.4. The molecule has 0 bridgehead atoms. The van der Waals surface area contributed by atoms with Crippen molar-refractivity contribution < 1.29 is 14.3 Å². The lowest BCUT2D eigenvalue weighted by Gasteiger charge is -2.28. The van der Waals surface area contributed by atoms with Crippen molar-refractivity contribution >= 4 is 40.3 Å². The van der Waals surface area contributed by atoms with Crippen molar-refractivity contribution in [2.45, 2.75) is 37.6 Å². The molecule has 1 aliphatic heterocycles. The Morgan fingerprint density at radius 2 is 2.00 bits per heavy atom. The highest BCUT2D eigenvalue weighted by atomic mass is 32.2. The normalized spacial score (nSPS) is 14.0. The minimum Gasteiger partial charge on any atom is -0.495 e. The zero-order chi connectivity index (χ0) is 23.4. The number of benzene rings is 1. The number of hydrogen-bond acceptors (Lipinski definition) is 8. The summed E-state index contributed by atoms with van der Waals surface area (Å²) in [6.45, 7) is 6.85. The highest BCUT2D eigenvalue weighted by molar-refractivity contribution is 7.98. The number of nitrogens with one attached hydrogen (secondary N) is 1. The molecule has 10 heteroatoms. The van der Waals surface area contributed by atoms with Gasteiger partial charge < -0.3 is 24.3 Å². The van der Waals surface area contributed by atoms with Crippen molar-refractivity contribution in [2.75, 3.05) is 43.6 Å². The number of aromatic nitrogens is 4. The Morgan fingerprint density at radius 1 is 1.21 bits per heavy atom. The standard InChI is InChI=1S/C23H30N6O3S/c1-5-18-25-20-21(28(18)3)26-23(27-22(20)29-9-11-32-12-10-29)33-14-15-7-8-17(31-4)16(13-15)24-19(30)6-2/h7-8,13H,5-6,9-12,14H2,1-4H3,(H,24,30). The molecule has 0 atom stereocenters. The highest BCUT2D eigenvalue weighted by Gasteiger charge is 2.22. The molecule has 176 valence electrons. The van der Waals surface area contributed by atoms with Gasteiger partial charge >= 0.3 is 0 Å². The first kappa shape index (κ1) is 23.3. The molecule has 0 spiro atoms. The van der Waals surface area contributed by atoms with Crippen LogP contribution in [0.3, 0.4) is 0 Å². The summed E-state index contributed by atoms with van der Waals surface area (Å²) in [6, 6.07) is 5.81. The summed E-state index contributed by atoms with van der Waals surface area (Å²) in [5, 5.41) is 3.61. The summed E-state index contributed by atoms with van der Waals surface area (Å²) >= 11 is 1.56. The maximum Gasteiger partial charge on any atom is 0.224 e. The van der Waals surface area contributed by atoms with Crippen molar-refractivity contribution in [3.05, 3.63) is 29.6 Å². The fraction of sp³-hybridized carbons (Fsp3) is 0.478. The molecule has 1 aromatic carbocycles. The Labute approximate surface area is 197 Å². The molecule has 9 nitrogen and oxygen atoms in total. The van der Waals surface area contributed by atoms with E-state index in [2.05, 4.69) is 21.7 Å². The van der Waals surface area contributed by atoms with Crippen LogP contribution in [-0.4, -0.2) is 58.8 Å². The SMILES string of the molecule is CCC(=O)Nc1cc(CSc2nc(N3CCOCC3)c3nc(CC)n(C)c3n2)ccc1OC. The van der Waals surface area contributed by atoms with Crippen molar-refractivity contribution in [2.24, 2.45) is 7.05 Å². The zero-order valence-electron chi connectivity index (χ0n) is 19.6. The fourth-order valence-corrected chi connectivity index (χ4v) is 4.56. The Bertz CT molecular complexity index is 1140. The van der Waals surface area contributed by atoms with E-state index < -0.39 is 0 Å². The second-order valence-electron chi connectivity index (χ2n) is 7.77. The van der Waals surface area contributed by atoms with Crippen LogP contribution in [0.15, 0.2) is 23.4 Å². The average molecular weight is 471 g/mol. The molecule has 3 aromatic rings. The number of imidazole rings is 1. The first-order valence-electron chi connectivity index (χ1n) is 11.2. The first-order chi connectivity index (χ1) is 16.0. The maximum absolute atomic E-state index is 11.9. The van der Waals surface area contributed by atoms with Crippen LogP contribution in [0.25, 0.3) is 11.2 Å². The number of morpholine rings is 1. The van der Waals surface area contributed by atoms with E-state index in [1.807, 2.05) is 32.2 Å². The monoisotopic (exact) mass is 470 g/mol. The van der Waals surface area contributed by atoms with Gasteiger partial charge in [0.05, 0.1) is 26.0 Å². The van der Waals surface area contributed by atoms with E-state index in [9.17, 15) is 4.79 Å². The van der Waals surface area contributed by atoms with Crippen LogP contribution in [0.5, 0.6) is 5.75 Å². The molecule has 0 aliphatic carbocycles. The van der Waals surface area contributed by atoms with Gasteiger partial charge in [0, 0.05) is 38.7 Å². The van der Waals surface area contributed by atoms with Gasteiger partial charge in [-0.25, -0.2) is 15.0 Å². The van der Waals surface area contributed by atoms with E-state index in [1.165, 1.54) is 0 Å². The van der Waals surface area contributed by atoms with E-state index in [0.717, 1.165) is 47.9 Å². The predicted molar refractivity (Wildman–Crippen MR) is 130 cm³/mol. The minimum absolute atomic E-state index is 0.0509. The van der Waals surface area contributed by atoms with Crippen molar-refractivity contribution in [3.63, 3.8) is 0 Å². The second-order valence-corrected chi connectivity index (χ2v) is 8.71. The molecule has 1 aliphatic rings. The van der Waals surface area contributed by atoms with Gasteiger partial charge in [0.1, 0.15) is 11.6 Å². The van der Waals surface area contributed by atoms with Gasteiger partial charge in [0.2, 0.25) is 5.91 Å². The van der Waals surface area contributed by atoms with E-state index in [1.54, 1.807) is 18.9 Å². The van der Waals surface area contributed by atoms with Crippen molar-refractivity contribution in [3.8, 4) is 5.75 Å². The maximum atomic E-state index is 11.9. The van der Waals surface area contributed by atoms with Crippen LogP contribution in [0, 0.1) is 0 Å². The summed E-state index contributed by atoms with van der Waals surface area (Å²) < 4.78 is 13.0. The van der Waals surface area contributed by atoms with Gasteiger partial charge in [0.25, 0.3) is 0 Å². The number of amides is 1. The first-order valence-corrected chi connectivity index (χ1v) is 12.2. The number of hydrogen-bond donors (Lipinski definition) is 1. The van der Waals surface area contributed by atoms with Crippen molar-refractivity contribution in [1.82, 2.24) is 19.5 Å². The summed E-state index contributed by atoms with van der Waals surface area (Å²) in [6.07, 6.45) is 1.24. The molecule has 1 amide bonds. The Morgan fingerprint density at radius 3 is 2.70 bits per heavy atom. The van der Waals surface area contributed by atoms with Crippen LogP contribution < -0.4 is 15.0 Å². The minimum atomic E-state index is -0.0509. The van der Waals surface area contributed by atoms with Crippen LogP contribution in [0.1, 0.15) is 31.7 Å². The molecule has 3 heterocycles. The smallest absolute Gasteiger partial charge is 0.224 e. The van der Waals surface area contributed by atoms with Gasteiger partial charge in [-0.1, -0.05) is 31.7 Å². The highest BCUT2D eigenvalue weighted by Crippen LogP contribution is 2.31. The summed E-state index contributed by atoms with van der Waals surface area (Å²) in [7, 11) is 3.60. The third-order valence-corrected chi connectivity index (χ3v) is 6.54. The molecule has 4 rings (SSSR count). The van der Waals surface area contributed by atoms with Crippen LogP contribution in [-0.2, 0) is 28.8 Å². The average Bonchev–Trinajstić information content (AvgIpc) is 3.18. The van der Waals surface area contributed by atoms with Crippen LogP contribution in [0.4, 0.5) is 11.5 Å². The van der Waals surface area contributed by atoms with Gasteiger partial charge in [-0.05, 0) is 17.7 Å². The van der Waals surface area contributed by atoms with Crippen molar-refractivity contribution in [1.29, 1.82) is 0 Å². The third-order valence-electron chi connectivity index (χ3n) is 5.63. The summed E-state index contributed by atoms with van der Waals surface area (Å²) in [5.74, 6) is 3.10. The topological polar surface area (TPSA) is 94.4 Å². The van der Waals surface area contributed by atoms with Crippen LogP contribution in [0.2, 0.25) is 0 Å². The third kappa shape index (κ3) is 5.06. The van der Waals surface area contributed by atoms with Crippen LogP contribution >= 0.6 is 11.8 Å². The number of fused-ring (bicyclic) bond motifs is 1. The molecule has 0 unspecified atom stereocenters. The number of methoxy groups -OCH3 is 1. The van der Waals surface area contributed by atoms with E-state index in [4.69, 9.17) is 24.4 Å². The number of carbonyl (C=O) groups is 1. The number of anilines is 2. The van der Waals surface area contributed by atoms with E-state index in [0.29, 0.717) is 42.0 Å². The molecular weight excluding hydrogens is 440 g/mol. The number of thioether (sulfide) groups is 1. The molecule has 1 fully saturated rings. The van der Waals surface area contributed by atoms with E-state index in [-0.39, 0.29) is 5.91 Å². The Hall–Kier alpha value is -2.85. The predicted octanol–water partition coefficient (Wildman–Crippen LogP) is 3.41. The van der Waals surface area contributed by atoms with E-state index >= 15 is 0 Å². The second kappa shape index (κ2) is 10.4. The van der Waals surface area contributed by atoms with Gasteiger partial charge in [-0.15, -0.1) is 0 Å². The summed E-state index contributed by atoms with van der Waals surface area (Å²) in [4.78, 5) is 28.7. The number of carbonyl (C=O) groups excluding carboxylic acids is 1.